The summed E-state index contributed by atoms with van der Waals surface area (Å²) in [7, 11) is 0. The van der Waals surface area contributed by atoms with E-state index in [1.165, 1.54) is 18.5 Å². The maximum absolute atomic E-state index is 14.1. The zero-order valence-corrected chi connectivity index (χ0v) is 24.3. The van der Waals surface area contributed by atoms with Gasteiger partial charge in [0.25, 0.3) is 12.3 Å². The zero-order chi connectivity index (χ0) is 30.1. The first-order chi connectivity index (χ1) is 20.1. The van der Waals surface area contributed by atoms with Crippen molar-refractivity contribution < 1.29 is 23.4 Å². The highest BCUT2D eigenvalue weighted by molar-refractivity contribution is 5.99. The fourth-order valence-corrected chi connectivity index (χ4v) is 5.81. The molecule has 0 saturated carbocycles. The average Bonchev–Trinajstić information content (AvgIpc) is 2.99. The second-order valence-corrected chi connectivity index (χ2v) is 11.0. The normalized spacial score (nSPS) is 19.3. The lowest BCUT2D eigenvalue weighted by molar-refractivity contribution is -0.0510. The van der Waals surface area contributed by atoms with Crippen LogP contribution >= 0.6 is 0 Å². The number of nitrogens with zero attached hydrogens (tertiary/aromatic N) is 5. The number of aromatic nitrogens is 2. The van der Waals surface area contributed by atoms with Gasteiger partial charge in [-0.25, -0.2) is 8.78 Å². The number of hydrogen-bond donors (Lipinski definition) is 1. The summed E-state index contributed by atoms with van der Waals surface area (Å²) in [6.45, 7) is 9.61. The Hall–Kier alpha value is -3.94. The van der Waals surface area contributed by atoms with Crippen molar-refractivity contribution in [2.24, 2.45) is 0 Å². The largest absolute Gasteiger partial charge is 0.492 e. The third-order valence-corrected chi connectivity index (χ3v) is 8.50. The molecule has 1 N–H and O–H groups in total. The first kappa shape index (κ1) is 29.5. The van der Waals surface area contributed by atoms with E-state index in [4.69, 9.17) is 4.74 Å². The number of carbonyl (C=O) groups excluding carboxylic acids is 1. The highest BCUT2D eigenvalue weighted by atomic mass is 19.3. The Morgan fingerprint density at radius 3 is 2.60 bits per heavy atom. The first-order valence-electron chi connectivity index (χ1n) is 14.3. The van der Waals surface area contributed by atoms with Crippen molar-refractivity contribution in [3.8, 4) is 22.9 Å². The fourth-order valence-electron chi connectivity index (χ4n) is 5.81. The quantitative estimate of drug-likeness (QED) is 0.382. The van der Waals surface area contributed by atoms with Gasteiger partial charge in [0.15, 0.2) is 0 Å². The molecule has 1 unspecified atom stereocenters. The standard InChI is InChI=1S/C32H35F2N5O3/c1-5-42-30-13-28(37-16-23(30)14-35)19(3)39-9-7-24-26(25-12-22(31(33)34)15-36-18(25)2)10-21(11-27(24)32(39)41)6-8-38-17-29(40)20(38)4/h10-13,15-16,19-20,29,31,40H,5-9,17H2,1-4H3/t19?,20-,29-/m1/s1. The number of amides is 1. The number of fused-ring (bicyclic) bond motifs is 1. The minimum atomic E-state index is -2.66. The number of nitriles is 1. The van der Waals surface area contributed by atoms with Crippen molar-refractivity contribution in [2.75, 3.05) is 26.2 Å². The van der Waals surface area contributed by atoms with Crippen LogP contribution in [-0.2, 0) is 12.8 Å². The van der Waals surface area contributed by atoms with E-state index >= 15 is 0 Å². The summed E-state index contributed by atoms with van der Waals surface area (Å²) in [4.78, 5) is 26.7. The van der Waals surface area contributed by atoms with Crippen molar-refractivity contribution in [2.45, 2.75) is 65.1 Å². The Morgan fingerprint density at radius 2 is 1.93 bits per heavy atom. The Morgan fingerprint density at radius 1 is 1.17 bits per heavy atom. The summed E-state index contributed by atoms with van der Waals surface area (Å²) < 4.78 is 33.0. The molecule has 1 fully saturated rings. The van der Waals surface area contributed by atoms with E-state index in [1.54, 1.807) is 17.9 Å². The third-order valence-electron chi connectivity index (χ3n) is 8.50. The van der Waals surface area contributed by atoms with Gasteiger partial charge in [-0.3, -0.25) is 19.7 Å². The van der Waals surface area contributed by atoms with Crippen LogP contribution in [0, 0.1) is 18.3 Å². The summed E-state index contributed by atoms with van der Waals surface area (Å²) in [5.41, 5.74) is 5.02. The van der Waals surface area contributed by atoms with Crippen molar-refractivity contribution >= 4 is 5.91 Å². The van der Waals surface area contributed by atoms with Gasteiger partial charge < -0.3 is 14.7 Å². The number of aliphatic hydroxyl groups excluding tert-OH is 1. The highest BCUT2D eigenvalue weighted by Gasteiger charge is 2.34. The minimum Gasteiger partial charge on any atom is -0.492 e. The summed E-state index contributed by atoms with van der Waals surface area (Å²) in [6.07, 6.45) is 0.834. The summed E-state index contributed by atoms with van der Waals surface area (Å²) in [5.74, 6) is 0.262. The smallest absolute Gasteiger partial charge is 0.265 e. The fraction of sp³-hybridized carbons (Fsp3) is 0.438. The summed E-state index contributed by atoms with van der Waals surface area (Å²) in [5, 5.41) is 19.3. The van der Waals surface area contributed by atoms with Crippen molar-refractivity contribution in [1.82, 2.24) is 19.8 Å². The van der Waals surface area contributed by atoms with Crippen LogP contribution in [0.4, 0.5) is 8.78 Å². The van der Waals surface area contributed by atoms with E-state index in [9.17, 15) is 23.9 Å². The number of benzene rings is 1. The van der Waals surface area contributed by atoms with Crippen LogP contribution in [0.3, 0.4) is 0 Å². The van der Waals surface area contributed by atoms with E-state index in [2.05, 4.69) is 20.9 Å². The number of carbonyl (C=O) groups is 1. The Bertz CT molecular complexity index is 1540. The molecular weight excluding hydrogens is 540 g/mol. The van der Waals surface area contributed by atoms with Crippen LogP contribution in [0.5, 0.6) is 5.75 Å². The summed E-state index contributed by atoms with van der Waals surface area (Å²) in [6, 6.07) is 8.87. The Balaban J connectivity index is 1.53. The molecule has 220 valence electrons. The molecule has 5 rings (SSSR count). The Kier molecular flexibility index (Phi) is 8.53. The molecule has 1 amide bonds. The summed E-state index contributed by atoms with van der Waals surface area (Å²) >= 11 is 0. The van der Waals surface area contributed by atoms with Crippen molar-refractivity contribution in [3.63, 3.8) is 0 Å². The number of β-amino-alcohol motifs (C(OH)–C–C–N with tert-alkyl or cyclic N) is 1. The number of hydrogen-bond acceptors (Lipinski definition) is 7. The van der Waals surface area contributed by atoms with Crippen LogP contribution in [-0.4, -0.2) is 69.2 Å². The highest BCUT2D eigenvalue weighted by Crippen LogP contribution is 2.37. The molecule has 0 spiro atoms. The van der Waals surface area contributed by atoms with Gasteiger partial charge in [0.2, 0.25) is 0 Å². The third kappa shape index (κ3) is 5.59. The maximum atomic E-state index is 14.1. The lowest BCUT2D eigenvalue weighted by Crippen LogP contribution is -2.58. The molecule has 0 bridgehead atoms. The van der Waals surface area contributed by atoms with Crippen LogP contribution in [0.15, 0.2) is 36.7 Å². The van der Waals surface area contributed by atoms with Crippen LogP contribution in [0.1, 0.15) is 77.2 Å². The van der Waals surface area contributed by atoms with Gasteiger partial charge in [-0.15, -0.1) is 0 Å². The molecule has 3 atom stereocenters. The number of aryl methyl sites for hydroxylation is 1. The SMILES string of the molecule is CCOc1cc(C(C)N2CCc3c(cc(CCN4C[C@@H](O)[C@H]4C)cc3-c3cc(C(F)F)cnc3C)C2=O)ncc1C#N. The predicted octanol–water partition coefficient (Wildman–Crippen LogP) is 5.03. The van der Waals surface area contributed by atoms with E-state index in [-0.39, 0.29) is 23.6 Å². The van der Waals surface area contributed by atoms with Gasteiger partial charge in [0.1, 0.15) is 17.4 Å². The van der Waals surface area contributed by atoms with Gasteiger partial charge >= 0.3 is 0 Å². The molecule has 1 aromatic carbocycles. The monoisotopic (exact) mass is 575 g/mol. The van der Waals surface area contributed by atoms with Crippen LogP contribution < -0.4 is 4.74 Å². The van der Waals surface area contributed by atoms with E-state index in [0.717, 1.165) is 16.7 Å². The van der Waals surface area contributed by atoms with E-state index in [0.29, 0.717) is 72.9 Å². The molecule has 10 heteroatoms. The number of rotatable bonds is 9. The van der Waals surface area contributed by atoms with E-state index in [1.807, 2.05) is 32.9 Å². The lowest BCUT2D eigenvalue weighted by atomic mass is 9.86. The lowest BCUT2D eigenvalue weighted by Gasteiger charge is -2.43. The maximum Gasteiger partial charge on any atom is 0.265 e. The number of ether oxygens (including phenoxy) is 1. The molecule has 4 heterocycles. The van der Waals surface area contributed by atoms with E-state index < -0.39 is 12.5 Å². The number of likely N-dealkylation sites (tertiary alicyclic amines) is 1. The molecule has 1 saturated heterocycles. The van der Waals surface area contributed by atoms with Gasteiger partial charge in [0, 0.05) is 66.5 Å². The van der Waals surface area contributed by atoms with Gasteiger partial charge in [-0.1, -0.05) is 6.07 Å². The molecule has 2 aliphatic heterocycles. The van der Waals surface area contributed by atoms with Gasteiger partial charge in [-0.2, -0.15) is 5.26 Å². The molecule has 8 nitrogen and oxygen atoms in total. The topological polar surface area (TPSA) is 103 Å². The average molecular weight is 576 g/mol. The zero-order valence-electron chi connectivity index (χ0n) is 24.3. The van der Waals surface area contributed by atoms with Gasteiger partial charge in [-0.05, 0) is 69.4 Å². The predicted molar refractivity (Wildman–Crippen MR) is 153 cm³/mol. The van der Waals surface area contributed by atoms with Gasteiger partial charge in [0.05, 0.1) is 24.4 Å². The minimum absolute atomic E-state index is 0.0655. The molecule has 0 radical (unpaired) electrons. The molecule has 0 aliphatic carbocycles. The molecule has 3 aromatic rings. The molecule has 42 heavy (non-hydrogen) atoms. The second-order valence-electron chi connectivity index (χ2n) is 11.0. The first-order valence-corrected chi connectivity index (χ1v) is 14.3. The molecule has 2 aliphatic rings. The molecular formula is C32H35F2N5O3. The number of alkyl halides is 2. The number of aliphatic hydroxyl groups is 1. The van der Waals surface area contributed by atoms with Crippen LogP contribution in [0.2, 0.25) is 0 Å². The number of halogens is 2. The second kappa shape index (κ2) is 12.1. The van der Waals surface area contributed by atoms with Crippen molar-refractivity contribution in [1.29, 1.82) is 5.26 Å². The number of pyridine rings is 2. The van der Waals surface area contributed by atoms with Crippen LogP contribution in [0.25, 0.3) is 11.1 Å². The van der Waals surface area contributed by atoms with Crippen molar-refractivity contribution in [3.05, 3.63) is 75.9 Å². The Labute approximate surface area is 244 Å². The molecule has 2 aromatic heterocycles.